The summed E-state index contributed by atoms with van der Waals surface area (Å²) >= 11 is 0. The Bertz CT molecular complexity index is 1350. The topological polar surface area (TPSA) is 85.7 Å². The van der Waals surface area contributed by atoms with Crippen molar-refractivity contribution >= 4 is 37.8 Å². The predicted molar refractivity (Wildman–Crippen MR) is 141 cm³/mol. The number of nitrogens with zero attached hydrogens (tertiary/aromatic N) is 3. The quantitative estimate of drug-likeness (QED) is 0.409. The molecule has 2 aliphatic rings. The number of rotatable bonds is 6. The molecule has 0 radical (unpaired) electrons. The Balaban J connectivity index is 1.44. The molecule has 2 aromatic carbocycles. The average Bonchev–Trinajstić information content (AvgIpc) is 2.86. The molecule has 1 saturated carbocycles. The molecule has 1 N–H and O–H groups in total. The lowest BCUT2D eigenvalue weighted by Gasteiger charge is -2.28. The summed E-state index contributed by atoms with van der Waals surface area (Å²) in [7, 11) is -0.473. The summed E-state index contributed by atoms with van der Waals surface area (Å²) in [6.45, 7) is 1.97. The molecule has 0 spiro atoms. The summed E-state index contributed by atoms with van der Waals surface area (Å²) in [5.74, 6) is 2.02. The molecule has 2 heterocycles. The van der Waals surface area contributed by atoms with Crippen LogP contribution in [0.25, 0.3) is 10.9 Å². The number of aromatic nitrogens is 2. The third kappa shape index (κ3) is 5.62. The maximum absolute atomic E-state index is 14.2. The highest BCUT2D eigenvalue weighted by molar-refractivity contribution is 7.93. The largest absolute Gasteiger partial charge is 0.488 e. The van der Waals surface area contributed by atoms with Gasteiger partial charge in [0.25, 0.3) is 0 Å². The van der Waals surface area contributed by atoms with Crippen LogP contribution >= 0.6 is 0 Å². The van der Waals surface area contributed by atoms with Gasteiger partial charge in [0.05, 0.1) is 38.8 Å². The van der Waals surface area contributed by atoms with Crippen LogP contribution in [0, 0.1) is 12.7 Å². The second-order valence-electron chi connectivity index (χ2n) is 9.73. The van der Waals surface area contributed by atoms with E-state index in [4.69, 9.17) is 9.47 Å². The standard InChI is InChI=1S/C27H33FN4O3S/c1-18-14-20(32-36(33)12-4-3-5-13-36)16-24-26(18)27(30-17-29-24)31-23-11-6-19(28)15-25(23)35-22-9-7-21(34-2)8-10-22/h6,11,14-17,21-22H,3-5,7-10,12-13H2,1-2H3,(H,29,30,31)/t21-,22-. The van der Waals surface area contributed by atoms with Gasteiger partial charge in [0.15, 0.2) is 0 Å². The Morgan fingerprint density at radius 3 is 2.53 bits per heavy atom. The molecule has 7 nitrogen and oxygen atoms in total. The van der Waals surface area contributed by atoms with Crippen LogP contribution < -0.4 is 10.1 Å². The normalized spacial score (nSPS) is 21.8. The molecule has 36 heavy (non-hydrogen) atoms. The van der Waals surface area contributed by atoms with Gasteiger partial charge in [-0.05, 0) is 75.3 Å². The van der Waals surface area contributed by atoms with Crippen LogP contribution in [0.4, 0.5) is 21.6 Å². The number of benzene rings is 2. The summed E-state index contributed by atoms with van der Waals surface area (Å²) < 4.78 is 43.6. The maximum atomic E-state index is 14.2. The van der Waals surface area contributed by atoms with E-state index in [2.05, 4.69) is 19.6 Å². The number of nitrogens with one attached hydrogen (secondary N) is 1. The van der Waals surface area contributed by atoms with Crippen LogP contribution in [0.3, 0.4) is 0 Å². The first-order valence-corrected chi connectivity index (χ1v) is 14.5. The highest BCUT2D eigenvalue weighted by atomic mass is 32.2. The second kappa shape index (κ2) is 10.7. The fraction of sp³-hybridized carbons (Fsp3) is 0.481. The smallest absolute Gasteiger partial charge is 0.146 e. The van der Waals surface area contributed by atoms with Gasteiger partial charge in [-0.1, -0.05) is 6.42 Å². The zero-order valence-corrected chi connectivity index (χ0v) is 21.7. The van der Waals surface area contributed by atoms with E-state index in [0.29, 0.717) is 40.0 Å². The molecule has 5 rings (SSSR count). The van der Waals surface area contributed by atoms with Crippen LogP contribution in [0.5, 0.6) is 5.75 Å². The second-order valence-corrected chi connectivity index (χ2v) is 12.3. The van der Waals surface area contributed by atoms with Crippen molar-refractivity contribution in [2.75, 3.05) is 23.9 Å². The molecule has 1 aliphatic heterocycles. The third-order valence-electron chi connectivity index (χ3n) is 7.06. The van der Waals surface area contributed by atoms with E-state index in [0.717, 1.165) is 55.9 Å². The molecule has 0 atom stereocenters. The van der Waals surface area contributed by atoms with Gasteiger partial charge in [0, 0.05) is 30.1 Å². The van der Waals surface area contributed by atoms with Gasteiger partial charge in [-0.3, -0.25) is 0 Å². The minimum atomic E-state index is -2.21. The number of fused-ring (bicyclic) bond motifs is 1. The SMILES string of the molecule is CO[C@H]1CC[C@H](Oc2cc(F)ccc2Nc2ncnc3cc(N=S4(=O)CCCCC4)cc(C)c23)CC1. The molecular formula is C27H33FN4O3S. The number of anilines is 2. The number of hydrogen-bond acceptors (Lipinski definition) is 7. The maximum Gasteiger partial charge on any atom is 0.146 e. The highest BCUT2D eigenvalue weighted by Gasteiger charge is 2.23. The van der Waals surface area contributed by atoms with Crippen molar-refractivity contribution in [1.29, 1.82) is 0 Å². The van der Waals surface area contributed by atoms with Gasteiger partial charge in [-0.15, -0.1) is 0 Å². The summed E-state index contributed by atoms with van der Waals surface area (Å²) in [5.41, 5.74) is 2.97. The number of ether oxygens (including phenoxy) is 2. The Hall–Kier alpha value is -2.78. The Morgan fingerprint density at radius 1 is 1.03 bits per heavy atom. The number of aryl methyl sites for hydroxylation is 1. The summed E-state index contributed by atoms with van der Waals surface area (Å²) in [6, 6.07) is 8.30. The van der Waals surface area contributed by atoms with Crippen molar-refractivity contribution in [3.8, 4) is 5.75 Å². The first kappa shape index (κ1) is 24.9. The fourth-order valence-electron chi connectivity index (χ4n) is 5.13. The first-order valence-electron chi connectivity index (χ1n) is 12.7. The predicted octanol–water partition coefficient (Wildman–Crippen LogP) is 6.44. The molecule has 0 amide bonds. The highest BCUT2D eigenvalue weighted by Crippen LogP contribution is 2.36. The van der Waals surface area contributed by atoms with E-state index in [1.165, 1.54) is 18.5 Å². The molecule has 0 unspecified atom stereocenters. The number of halogens is 1. The van der Waals surface area contributed by atoms with Gasteiger partial charge < -0.3 is 14.8 Å². The molecule has 192 valence electrons. The first-order chi connectivity index (χ1) is 17.4. The molecule has 1 aliphatic carbocycles. The summed E-state index contributed by atoms with van der Waals surface area (Å²) in [5, 5.41) is 4.19. The average molecular weight is 513 g/mol. The van der Waals surface area contributed by atoms with Crippen LogP contribution in [-0.4, -0.2) is 45.0 Å². The molecule has 1 saturated heterocycles. The fourth-order valence-corrected chi connectivity index (χ4v) is 7.31. The lowest BCUT2D eigenvalue weighted by Crippen LogP contribution is -2.27. The van der Waals surface area contributed by atoms with Crippen molar-refractivity contribution in [3.05, 3.63) is 48.0 Å². The third-order valence-corrected chi connectivity index (χ3v) is 9.46. The minimum absolute atomic E-state index is 0.00787. The number of methoxy groups -OCH3 is 1. The Morgan fingerprint density at radius 2 is 1.78 bits per heavy atom. The molecule has 1 aromatic heterocycles. The molecular weight excluding hydrogens is 479 g/mol. The van der Waals surface area contributed by atoms with Crippen molar-refractivity contribution in [2.24, 2.45) is 4.36 Å². The Kier molecular flexibility index (Phi) is 7.39. The van der Waals surface area contributed by atoms with Gasteiger partial charge >= 0.3 is 0 Å². The molecule has 0 bridgehead atoms. The zero-order chi connectivity index (χ0) is 25.1. The van der Waals surface area contributed by atoms with Gasteiger partial charge in [-0.25, -0.2) is 18.6 Å². The Labute approximate surface area is 212 Å². The van der Waals surface area contributed by atoms with Crippen molar-refractivity contribution in [1.82, 2.24) is 9.97 Å². The minimum Gasteiger partial charge on any atom is -0.488 e. The van der Waals surface area contributed by atoms with Gasteiger partial charge in [-0.2, -0.15) is 4.36 Å². The molecule has 3 aromatic rings. The lowest BCUT2D eigenvalue weighted by atomic mass is 9.95. The van der Waals surface area contributed by atoms with E-state index in [1.54, 1.807) is 13.2 Å². The van der Waals surface area contributed by atoms with E-state index in [-0.39, 0.29) is 18.0 Å². The van der Waals surface area contributed by atoms with E-state index in [1.807, 2.05) is 19.1 Å². The zero-order valence-electron chi connectivity index (χ0n) is 20.8. The summed E-state index contributed by atoms with van der Waals surface area (Å²) in [4.78, 5) is 8.94. The molecule has 9 heteroatoms. The van der Waals surface area contributed by atoms with Crippen LogP contribution in [0.15, 0.2) is 41.0 Å². The van der Waals surface area contributed by atoms with E-state index in [9.17, 15) is 8.60 Å². The van der Waals surface area contributed by atoms with Crippen molar-refractivity contribution in [3.63, 3.8) is 0 Å². The van der Waals surface area contributed by atoms with Gasteiger partial charge in [0.1, 0.15) is 23.7 Å². The van der Waals surface area contributed by atoms with Gasteiger partial charge in [0.2, 0.25) is 0 Å². The summed E-state index contributed by atoms with van der Waals surface area (Å²) in [6.07, 6.45) is 8.37. The van der Waals surface area contributed by atoms with Crippen LogP contribution in [-0.2, 0) is 14.5 Å². The van der Waals surface area contributed by atoms with E-state index >= 15 is 0 Å². The van der Waals surface area contributed by atoms with Crippen LogP contribution in [0.1, 0.15) is 50.5 Å². The monoisotopic (exact) mass is 512 g/mol. The van der Waals surface area contributed by atoms with E-state index < -0.39 is 9.73 Å². The molecule has 2 fully saturated rings. The lowest BCUT2D eigenvalue weighted by molar-refractivity contribution is 0.0329. The van der Waals surface area contributed by atoms with Crippen LogP contribution in [0.2, 0.25) is 0 Å². The number of hydrogen-bond donors (Lipinski definition) is 1. The van der Waals surface area contributed by atoms with Crippen molar-refractivity contribution in [2.45, 2.75) is 64.1 Å². The van der Waals surface area contributed by atoms with Crippen molar-refractivity contribution < 1.29 is 18.1 Å².